The van der Waals surface area contributed by atoms with Gasteiger partial charge in [0.15, 0.2) is 31.1 Å². The Morgan fingerprint density at radius 2 is 1.56 bits per heavy atom. The average Bonchev–Trinajstić information content (AvgIpc) is 3.03. The van der Waals surface area contributed by atoms with Crippen molar-refractivity contribution in [3.8, 4) is 0 Å². The smallest absolute Gasteiger partial charge is 0.414 e. The molecule has 0 radical (unpaired) electrons. The number of fused-ring (bicyclic) bond motifs is 1. The van der Waals surface area contributed by atoms with Crippen LogP contribution in [0.25, 0.3) is 5.53 Å². The lowest BCUT2D eigenvalue weighted by atomic mass is 9.94. The van der Waals surface area contributed by atoms with E-state index in [-0.39, 0.29) is 13.2 Å². The van der Waals surface area contributed by atoms with Crippen molar-refractivity contribution >= 4 is 18.2 Å². The fraction of sp³-hybridized carbons (Fsp3) is 0.700. The van der Waals surface area contributed by atoms with Gasteiger partial charge in [-0.25, -0.2) is 4.79 Å². The van der Waals surface area contributed by atoms with Gasteiger partial charge in [-0.1, -0.05) is 30.3 Å². The van der Waals surface area contributed by atoms with Crippen LogP contribution < -0.4 is 0 Å². The maximum atomic E-state index is 13.2. The highest BCUT2D eigenvalue weighted by Gasteiger charge is 2.56. The van der Waals surface area contributed by atoms with Crippen LogP contribution in [0, 0.1) is 5.41 Å². The van der Waals surface area contributed by atoms with E-state index in [1.165, 1.54) is 28.4 Å². The molecule has 0 aliphatic carbocycles. The van der Waals surface area contributed by atoms with E-state index in [1.54, 1.807) is 20.8 Å². The summed E-state index contributed by atoms with van der Waals surface area (Å²) in [5, 5.41) is 0. The third-order valence-corrected chi connectivity index (χ3v) is 7.69. The highest BCUT2D eigenvalue weighted by molar-refractivity contribution is 6.20. The molecule has 0 N–H and O–H groups in total. The number of hydrogen-bond acceptors (Lipinski definition) is 13. The van der Waals surface area contributed by atoms with Gasteiger partial charge in [0.25, 0.3) is 0 Å². The normalized spacial score (nSPS) is 35.0. The zero-order chi connectivity index (χ0) is 32.7. The average molecular weight is 639 g/mol. The lowest BCUT2D eigenvalue weighted by molar-refractivity contribution is -0.369. The zero-order valence-corrected chi connectivity index (χ0v) is 26.4. The minimum absolute atomic E-state index is 0.0417. The molecule has 4 rings (SSSR count). The third-order valence-electron chi connectivity index (χ3n) is 7.69. The van der Waals surface area contributed by atoms with Crippen LogP contribution in [-0.2, 0) is 61.7 Å². The summed E-state index contributed by atoms with van der Waals surface area (Å²) in [5.74, 6) is -1.62. The number of ether oxygens (including phenoxy) is 11. The molecule has 0 bridgehead atoms. The number of methoxy groups -OCH3 is 4. The van der Waals surface area contributed by atoms with E-state index < -0.39 is 85.1 Å². The van der Waals surface area contributed by atoms with Crippen LogP contribution in [-0.4, -0.2) is 126 Å². The number of rotatable bonds is 11. The van der Waals surface area contributed by atoms with E-state index in [4.69, 9.17) is 57.6 Å². The molecule has 11 atom stereocenters. The molecule has 45 heavy (non-hydrogen) atoms. The van der Waals surface area contributed by atoms with Gasteiger partial charge in [-0.05, 0) is 20.8 Å². The molecule has 3 aliphatic rings. The van der Waals surface area contributed by atoms with Gasteiger partial charge in [-0.3, -0.25) is 4.79 Å². The van der Waals surface area contributed by atoms with Crippen molar-refractivity contribution in [2.45, 2.75) is 88.5 Å². The lowest BCUT2D eigenvalue weighted by Crippen LogP contribution is -2.65. The van der Waals surface area contributed by atoms with Crippen LogP contribution in [0.15, 0.2) is 30.3 Å². The van der Waals surface area contributed by atoms with Gasteiger partial charge in [0.1, 0.15) is 36.6 Å². The fourth-order valence-electron chi connectivity index (χ4n) is 5.43. The monoisotopic (exact) mass is 638 g/mol. The van der Waals surface area contributed by atoms with Gasteiger partial charge in [0.2, 0.25) is 0 Å². The Bertz CT molecular complexity index is 1170. The van der Waals surface area contributed by atoms with Gasteiger partial charge in [-0.2, -0.15) is 4.79 Å². The lowest BCUT2D eigenvalue weighted by Gasteiger charge is -2.49. The number of carbonyl (C=O) groups is 2. The molecule has 0 aromatic heterocycles. The molecule has 250 valence electrons. The summed E-state index contributed by atoms with van der Waals surface area (Å²) >= 11 is 0. The van der Waals surface area contributed by atoms with Crippen molar-refractivity contribution in [1.82, 2.24) is 0 Å². The zero-order valence-electron chi connectivity index (χ0n) is 26.4. The van der Waals surface area contributed by atoms with E-state index in [0.717, 1.165) is 5.56 Å². The summed E-state index contributed by atoms with van der Waals surface area (Å²) < 4.78 is 64.8. The molecule has 3 aliphatic heterocycles. The predicted molar refractivity (Wildman–Crippen MR) is 152 cm³/mol. The number of carbonyl (C=O) groups excluding carboxylic acids is 2. The molecule has 3 saturated heterocycles. The Kier molecular flexibility index (Phi) is 12.2. The van der Waals surface area contributed by atoms with Crippen LogP contribution in [0.1, 0.15) is 32.6 Å². The van der Waals surface area contributed by atoms with Crippen molar-refractivity contribution in [1.29, 1.82) is 0 Å². The number of hydrogen-bond donors (Lipinski definition) is 0. The van der Waals surface area contributed by atoms with Crippen molar-refractivity contribution < 1.29 is 66.5 Å². The largest absolute Gasteiger partial charge is 0.455 e. The third kappa shape index (κ3) is 8.13. The van der Waals surface area contributed by atoms with Crippen LogP contribution in [0.5, 0.6) is 0 Å². The first-order valence-electron chi connectivity index (χ1n) is 14.5. The Labute approximate surface area is 261 Å². The van der Waals surface area contributed by atoms with E-state index in [2.05, 4.69) is 4.79 Å². The molecule has 0 amide bonds. The fourth-order valence-corrected chi connectivity index (χ4v) is 5.43. The van der Waals surface area contributed by atoms with Crippen LogP contribution >= 0.6 is 0 Å². The van der Waals surface area contributed by atoms with Gasteiger partial charge in [0.05, 0.1) is 18.6 Å². The van der Waals surface area contributed by atoms with Gasteiger partial charge in [0, 0.05) is 34.0 Å². The number of benzene rings is 1. The maximum absolute atomic E-state index is 13.2. The van der Waals surface area contributed by atoms with Crippen molar-refractivity contribution in [2.75, 3.05) is 41.7 Å². The standard InChI is InChI=1S/C30H42N2O13/c1-30(2,3)29(34)45-23-21-18(15-39-26(44-21)16-11-9-8-10-12-16)42-28(25(23)43-19(33)13-32-31)40-14-17-20(35-4)22(36-5)24(37-6)27(38-7)41-17/h8-13,17-18,20-28H,14-15H2,1-7H3/t17-,18-,20-,21-,22+,23+,24-,25-,26?,27+,28-/m1/s1. The predicted octanol–water partition coefficient (Wildman–Crippen LogP) is 1.43. The molecule has 0 saturated carbocycles. The minimum atomic E-state index is -1.37. The van der Waals surface area contributed by atoms with Crippen LogP contribution in [0.2, 0.25) is 0 Å². The second-order valence-electron chi connectivity index (χ2n) is 11.7. The number of nitrogens with zero attached hydrogens (tertiary/aromatic N) is 2. The van der Waals surface area contributed by atoms with Crippen molar-refractivity contribution in [3.63, 3.8) is 0 Å². The highest BCUT2D eigenvalue weighted by Crippen LogP contribution is 2.38. The van der Waals surface area contributed by atoms with Gasteiger partial charge in [-0.15, -0.1) is 0 Å². The topological polar surface area (TPSA) is 172 Å². The van der Waals surface area contributed by atoms with Gasteiger partial charge >= 0.3 is 18.2 Å². The quantitative estimate of drug-likeness (QED) is 0.148. The van der Waals surface area contributed by atoms with Crippen molar-refractivity contribution in [2.24, 2.45) is 5.41 Å². The summed E-state index contributed by atoms with van der Waals surface area (Å²) in [4.78, 5) is 28.6. The van der Waals surface area contributed by atoms with Gasteiger partial charge < -0.3 is 57.6 Å². The summed E-state index contributed by atoms with van der Waals surface area (Å²) in [5.41, 5.74) is 8.79. The molecular formula is C30H42N2O13. The molecule has 3 heterocycles. The van der Waals surface area contributed by atoms with Crippen molar-refractivity contribution in [3.05, 3.63) is 41.4 Å². The van der Waals surface area contributed by atoms with E-state index in [1.807, 2.05) is 30.3 Å². The first-order chi connectivity index (χ1) is 21.6. The summed E-state index contributed by atoms with van der Waals surface area (Å²) in [7, 11) is 5.99. The van der Waals surface area contributed by atoms with Crippen LogP contribution in [0.3, 0.4) is 0 Å². The molecule has 1 aromatic carbocycles. The molecule has 0 spiro atoms. The Balaban J connectivity index is 1.64. The Morgan fingerprint density at radius 3 is 2.16 bits per heavy atom. The molecule has 15 heteroatoms. The minimum Gasteiger partial charge on any atom is -0.455 e. The molecule has 1 unspecified atom stereocenters. The SMILES string of the molecule is CO[C@H]1O[C@H](CO[C@@H]2O[C@@H]3COC(c4ccccc4)O[C@H]3[C@H](OC(=O)C(C)(C)C)[C@H]2OC(=O)C=[N+]=[N-])[C@@H](OC)[C@H](OC)[C@H]1OC. The first kappa shape index (κ1) is 35.0. The van der Waals surface area contributed by atoms with Crippen LogP contribution in [0.4, 0.5) is 0 Å². The Hall–Kier alpha value is -2.82. The summed E-state index contributed by atoms with van der Waals surface area (Å²) in [6.45, 7) is 4.95. The molecule has 1 aromatic rings. The first-order valence-corrected chi connectivity index (χ1v) is 14.5. The summed E-state index contributed by atoms with van der Waals surface area (Å²) in [6, 6.07) is 9.19. The van der Waals surface area contributed by atoms with E-state index >= 15 is 0 Å². The molecule has 3 fully saturated rings. The second-order valence-corrected chi connectivity index (χ2v) is 11.7. The number of esters is 2. The summed E-state index contributed by atoms with van der Waals surface area (Å²) in [6.07, 6.45) is -9.31. The molecule has 15 nitrogen and oxygen atoms in total. The highest BCUT2D eigenvalue weighted by atomic mass is 16.8. The second kappa shape index (κ2) is 15.6. The Morgan fingerprint density at radius 1 is 0.867 bits per heavy atom. The maximum Gasteiger partial charge on any atom is 0.414 e. The van der Waals surface area contributed by atoms with E-state index in [9.17, 15) is 9.59 Å². The van der Waals surface area contributed by atoms with E-state index in [0.29, 0.717) is 6.21 Å². The molecular weight excluding hydrogens is 596 g/mol.